The topological polar surface area (TPSA) is 59.9 Å². The zero-order valence-electron chi connectivity index (χ0n) is 24.8. The molecule has 5 rings (SSSR count). The van der Waals surface area contributed by atoms with Crippen molar-refractivity contribution < 1.29 is 14.3 Å². The molecule has 0 fully saturated rings. The minimum absolute atomic E-state index is 0.174. The fraction of sp³-hybridized carbons (Fsp3) is 0.294. The maximum Gasteiger partial charge on any atom is 0.259 e. The van der Waals surface area contributed by atoms with Gasteiger partial charge >= 0.3 is 0 Å². The molecule has 1 heterocycles. The van der Waals surface area contributed by atoms with Gasteiger partial charge in [-0.15, -0.1) is 11.3 Å². The summed E-state index contributed by atoms with van der Waals surface area (Å²) < 4.78 is 12.5. The fourth-order valence-electron chi connectivity index (χ4n) is 5.21. The maximum absolute atomic E-state index is 13.7. The van der Waals surface area contributed by atoms with Crippen molar-refractivity contribution >= 4 is 84.9 Å². The van der Waals surface area contributed by atoms with Crippen LogP contribution in [0.4, 0.5) is 10.7 Å². The predicted molar refractivity (Wildman–Crippen MR) is 187 cm³/mol. The van der Waals surface area contributed by atoms with Crippen molar-refractivity contribution in [2.45, 2.75) is 46.6 Å². The highest BCUT2D eigenvalue weighted by atomic mass is 79.9. The van der Waals surface area contributed by atoms with Gasteiger partial charge in [-0.2, -0.15) is 0 Å². The van der Waals surface area contributed by atoms with Crippen molar-refractivity contribution in [3.05, 3.63) is 101 Å². The van der Waals surface area contributed by atoms with E-state index >= 15 is 0 Å². The number of thiophene rings is 1. The fourth-order valence-corrected chi connectivity index (χ4v) is 7.49. The minimum atomic E-state index is -0.174. The van der Waals surface area contributed by atoms with E-state index in [-0.39, 0.29) is 17.9 Å². The van der Waals surface area contributed by atoms with Crippen LogP contribution in [0.15, 0.2) is 64.1 Å². The third kappa shape index (κ3) is 7.63. The van der Waals surface area contributed by atoms with Crippen LogP contribution in [0.1, 0.15) is 59.1 Å². The summed E-state index contributed by atoms with van der Waals surface area (Å²) in [6.07, 6.45) is 4.56. The molecule has 1 aliphatic carbocycles. The number of fused-ring (bicyclic) bond motifs is 1. The molecule has 0 spiro atoms. The number of aliphatic imine (C=N–C) groups is 1. The highest BCUT2D eigenvalue weighted by Crippen LogP contribution is 2.45. The van der Waals surface area contributed by atoms with E-state index in [2.05, 4.69) is 42.0 Å². The van der Waals surface area contributed by atoms with Crippen molar-refractivity contribution in [2.24, 2.45) is 16.3 Å². The highest BCUT2D eigenvalue weighted by molar-refractivity contribution is 9.10. The van der Waals surface area contributed by atoms with Crippen LogP contribution < -0.4 is 14.8 Å². The second kappa shape index (κ2) is 13.8. The van der Waals surface area contributed by atoms with Gasteiger partial charge in [0.25, 0.3) is 5.91 Å². The van der Waals surface area contributed by atoms with E-state index in [4.69, 9.17) is 49.3 Å². The summed E-state index contributed by atoms with van der Waals surface area (Å²) in [6, 6.07) is 16.1. The molecule has 1 atom stereocenters. The molecule has 44 heavy (non-hydrogen) atoms. The van der Waals surface area contributed by atoms with Gasteiger partial charge in [-0.3, -0.25) is 4.79 Å². The Morgan fingerprint density at radius 1 is 1.07 bits per heavy atom. The van der Waals surface area contributed by atoms with Crippen LogP contribution in [-0.2, 0) is 19.4 Å². The second-order valence-electron chi connectivity index (χ2n) is 11.8. The van der Waals surface area contributed by atoms with Gasteiger partial charge < -0.3 is 14.8 Å². The molecule has 1 aliphatic rings. The molecule has 0 radical (unpaired) electrons. The standard InChI is InChI=1S/C34H32BrCl3N2O3S/c1-34(2,3)21-6-12-25-30(14-21)44-33(31(25)32(41)40-24-10-8-22(36)9-11-24)39-17-20-13-28(42-4)29(16-26(20)35)43-18-19-5-7-23(37)15-27(19)38/h5,7-11,13,15-17,21H,6,12,14,18H2,1-4H3,(H,40,41)/t21-/m0/s1. The maximum atomic E-state index is 13.7. The molecular weight excluding hydrogens is 703 g/mol. The number of amides is 1. The number of hydrogen-bond acceptors (Lipinski definition) is 5. The van der Waals surface area contributed by atoms with E-state index in [1.807, 2.05) is 18.2 Å². The molecular formula is C34H32BrCl3N2O3S. The Balaban J connectivity index is 1.44. The van der Waals surface area contributed by atoms with E-state index in [1.54, 1.807) is 61.1 Å². The number of halogens is 4. The average Bonchev–Trinajstić information content (AvgIpc) is 3.34. The number of anilines is 1. The van der Waals surface area contributed by atoms with Crippen LogP contribution >= 0.6 is 62.1 Å². The van der Waals surface area contributed by atoms with E-state index in [0.717, 1.165) is 40.4 Å². The van der Waals surface area contributed by atoms with E-state index in [1.165, 1.54) is 4.88 Å². The van der Waals surface area contributed by atoms with Gasteiger partial charge in [0.2, 0.25) is 0 Å². The number of carbonyl (C=O) groups is 1. The molecule has 10 heteroatoms. The lowest BCUT2D eigenvalue weighted by molar-refractivity contribution is 0.102. The second-order valence-corrected chi connectivity index (χ2v) is 15.0. The van der Waals surface area contributed by atoms with Gasteiger partial charge in [-0.1, -0.05) is 61.6 Å². The van der Waals surface area contributed by atoms with Crippen molar-refractivity contribution in [2.75, 3.05) is 12.4 Å². The first kappa shape index (κ1) is 32.8. The first-order valence-corrected chi connectivity index (χ1v) is 16.9. The Morgan fingerprint density at radius 3 is 2.48 bits per heavy atom. The van der Waals surface area contributed by atoms with Crippen LogP contribution in [0.3, 0.4) is 0 Å². The molecule has 4 aromatic rings. The molecule has 0 aliphatic heterocycles. The molecule has 1 amide bonds. The lowest BCUT2D eigenvalue weighted by Crippen LogP contribution is -2.27. The zero-order valence-corrected chi connectivity index (χ0v) is 29.4. The van der Waals surface area contributed by atoms with E-state index in [9.17, 15) is 4.79 Å². The highest BCUT2D eigenvalue weighted by Gasteiger charge is 2.33. The number of benzene rings is 3. The number of rotatable bonds is 8. The molecule has 230 valence electrons. The van der Waals surface area contributed by atoms with Gasteiger partial charge in [-0.05, 0) is 101 Å². The lowest BCUT2D eigenvalue weighted by atomic mass is 9.72. The van der Waals surface area contributed by atoms with Gasteiger partial charge in [0.05, 0.1) is 12.7 Å². The van der Waals surface area contributed by atoms with Gasteiger partial charge in [0.1, 0.15) is 11.6 Å². The van der Waals surface area contributed by atoms with Gasteiger partial charge in [-0.25, -0.2) is 4.99 Å². The largest absolute Gasteiger partial charge is 0.493 e. The van der Waals surface area contributed by atoms with Crippen molar-refractivity contribution in [1.82, 2.24) is 0 Å². The van der Waals surface area contributed by atoms with Crippen molar-refractivity contribution in [1.29, 1.82) is 0 Å². The number of nitrogens with one attached hydrogen (secondary N) is 1. The Kier molecular flexibility index (Phi) is 10.3. The van der Waals surface area contributed by atoms with Gasteiger partial charge in [0.15, 0.2) is 11.5 Å². The Labute approximate surface area is 285 Å². The Bertz CT molecular complexity index is 1710. The summed E-state index contributed by atoms with van der Waals surface area (Å²) in [5, 5.41) is 5.43. The van der Waals surface area contributed by atoms with Crippen LogP contribution in [-0.4, -0.2) is 19.2 Å². The van der Waals surface area contributed by atoms with Gasteiger partial charge in [0, 0.05) is 47.4 Å². The van der Waals surface area contributed by atoms with Crippen LogP contribution in [0.5, 0.6) is 11.5 Å². The summed E-state index contributed by atoms with van der Waals surface area (Å²) >= 11 is 23.7. The Hall–Kier alpha value is -2.55. The molecule has 1 N–H and O–H groups in total. The third-order valence-electron chi connectivity index (χ3n) is 7.80. The minimum Gasteiger partial charge on any atom is -0.493 e. The molecule has 3 aromatic carbocycles. The number of methoxy groups -OCH3 is 1. The molecule has 5 nitrogen and oxygen atoms in total. The number of nitrogens with zero attached hydrogens (tertiary/aromatic N) is 1. The van der Waals surface area contributed by atoms with Crippen molar-refractivity contribution in [3.63, 3.8) is 0 Å². The van der Waals surface area contributed by atoms with Crippen LogP contribution in [0.2, 0.25) is 15.1 Å². The number of hydrogen-bond donors (Lipinski definition) is 1. The average molecular weight is 735 g/mol. The van der Waals surface area contributed by atoms with Crippen LogP contribution in [0.25, 0.3) is 0 Å². The summed E-state index contributed by atoms with van der Waals surface area (Å²) in [6.45, 7) is 7.10. The summed E-state index contributed by atoms with van der Waals surface area (Å²) in [5.41, 5.74) is 4.17. The molecule has 0 saturated heterocycles. The normalized spacial score (nSPS) is 14.9. The summed E-state index contributed by atoms with van der Waals surface area (Å²) in [7, 11) is 1.59. The zero-order chi connectivity index (χ0) is 31.6. The summed E-state index contributed by atoms with van der Waals surface area (Å²) in [5.74, 6) is 1.45. The third-order valence-corrected chi connectivity index (χ3v) is 10.5. The van der Waals surface area contributed by atoms with E-state index < -0.39 is 0 Å². The smallest absolute Gasteiger partial charge is 0.259 e. The molecule has 1 aromatic heterocycles. The predicted octanol–water partition coefficient (Wildman–Crippen LogP) is 11.2. The Morgan fingerprint density at radius 2 is 1.80 bits per heavy atom. The molecule has 0 saturated carbocycles. The van der Waals surface area contributed by atoms with E-state index in [0.29, 0.717) is 48.7 Å². The first-order valence-electron chi connectivity index (χ1n) is 14.1. The monoisotopic (exact) mass is 732 g/mol. The first-order chi connectivity index (χ1) is 20.9. The number of carbonyl (C=O) groups excluding carboxylic acids is 1. The lowest BCUT2D eigenvalue weighted by Gasteiger charge is -2.33. The van der Waals surface area contributed by atoms with Crippen molar-refractivity contribution in [3.8, 4) is 11.5 Å². The molecule has 0 unspecified atom stereocenters. The molecule has 0 bridgehead atoms. The van der Waals surface area contributed by atoms with Crippen LogP contribution in [0, 0.1) is 11.3 Å². The SMILES string of the molecule is COc1cc(C=Nc2sc3c(c2C(=O)Nc2ccc(Cl)cc2)CC[C@H](C(C)(C)C)C3)c(Br)cc1OCc1ccc(Cl)cc1Cl. The summed E-state index contributed by atoms with van der Waals surface area (Å²) in [4.78, 5) is 19.8. The number of ether oxygens (including phenoxy) is 2. The quantitative estimate of drug-likeness (QED) is 0.183.